The van der Waals surface area contributed by atoms with Crippen LogP contribution in [0.3, 0.4) is 0 Å². The number of aliphatic hydroxyl groups is 1. The van der Waals surface area contributed by atoms with Crippen LogP contribution in [0.2, 0.25) is 0 Å². The number of H-pyrrole nitrogens is 1. The van der Waals surface area contributed by atoms with E-state index in [4.69, 9.17) is 9.47 Å². The quantitative estimate of drug-likeness (QED) is 0.0746. The maximum absolute atomic E-state index is 14.7. The average molecular weight is 994 g/mol. The Morgan fingerprint density at radius 1 is 1.03 bits per heavy atom. The summed E-state index contributed by atoms with van der Waals surface area (Å²) in [4.78, 5) is 49.1. The highest BCUT2D eigenvalue weighted by atomic mass is 32.2. The Hall–Kier alpha value is -6.35. The fourth-order valence-electron chi connectivity index (χ4n) is 11.3. The molecule has 1 spiro atoms. The number of nitro benzene ring substituents is 1. The number of carbonyl (C=O) groups is 2. The maximum Gasteiger partial charge on any atom is 0.297 e. The molecule has 0 bridgehead atoms. The standard InChI is InChI=1S/C51H60FN9O9S/c1-31(2)37-7-5-6-8-38(37)44-27-58(32(3)62)19-20-60(44)59-29-51(30-59)15-17-57(18-16-51)34-9-10-39(45(21-34)70-35-22-40-41(52)26-54-48(40)53-25-35)49(63)56-71(67,68)36-23-43(61(65)66)47-46(24-36)69-28-42(55-47)33-11-13-50(4,64)14-12-33/h5-10,21-26,31,33,42,44,55,64H,11-20,27-30H2,1-4H3,(H,53,54)(H,56,63)/t33-,42-,44-,50-/m1/s1. The molecule has 2 amide bonds. The molecule has 4 N–H and O–H groups in total. The van der Waals surface area contributed by atoms with Crippen molar-refractivity contribution in [3.8, 4) is 17.2 Å². The number of nitro groups is 1. The molecule has 1 aliphatic carbocycles. The van der Waals surface area contributed by atoms with Crippen molar-refractivity contribution in [3.05, 3.63) is 106 Å². The number of fused-ring (bicyclic) bond motifs is 2. The molecule has 4 fully saturated rings. The van der Waals surface area contributed by atoms with Crippen LogP contribution in [0.4, 0.5) is 21.5 Å². The van der Waals surface area contributed by atoms with Gasteiger partial charge in [0, 0.05) is 88.2 Å². The van der Waals surface area contributed by atoms with Crippen LogP contribution >= 0.6 is 0 Å². The second-order valence-corrected chi connectivity index (χ2v) is 22.3. The van der Waals surface area contributed by atoms with Crippen LogP contribution in [0, 0.1) is 27.3 Å². The van der Waals surface area contributed by atoms with Crippen LogP contribution in [0.5, 0.6) is 17.2 Å². The van der Waals surface area contributed by atoms with Crippen molar-refractivity contribution in [2.45, 2.75) is 94.7 Å². The summed E-state index contributed by atoms with van der Waals surface area (Å²) in [5, 5.41) is 31.2. The van der Waals surface area contributed by atoms with Crippen LogP contribution in [0.25, 0.3) is 11.0 Å². The smallest absolute Gasteiger partial charge is 0.297 e. The minimum absolute atomic E-state index is 0.0148. The van der Waals surface area contributed by atoms with Gasteiger partial charge in [-0.05, 0) is 86.6 Å². The Kier molecular flexibility index (Phi) is 12.7. The highest BCUT2D eigenvalue weighted by Crippen LogP contribution is 2.47. The monoisotopic (exact) mass is 993 g/mol. The van der Waals surface area contributed by atoms with E-state index in [2.05, 4.69) is 73.0 Å². The molecule has 4 aliphatic heterocycles. The topological polar surface area (TPSA) is 216 Å². The Morgan fingerprint density at radius 3 is 2.49 bits per heavy atom. The number of rotatable bonds is 11. The number of nitrogens with zero attached hydrogens (tertiary/aromatic N) is 6. The minimum atomic E-state index is -4.74. The summed E-state index contributed by atoms with van der Waals surface area (Å²) < 4.78 is 57.0. The molecule has 1 saturated carbocycles. The van der Waals surface area contributed by atoms with Gasteiger partial charge in [0.15, 0.2) is 11.4 Å². The number of sulfonamides is 1. The van der Waals surface area contributed by atoms with Crippen molar-refractivity contribution in [1.82, 2.24) is 29.6 Å². The van der Waals surface area contributed by atoms with Gasteiger partial charge in [-0.2, -0.15) is 0 Å². The van der Waals surface area contributed by atoms with Crippen LogP contribution in [-0.4, -0.2) is 119 Å². The predicted molar refractivity (Wildman–Crippen MR) is 263 cm³/mol. The van der Waals surface area contributed by atoms with E-state index in [9.17, 15) is 37.6 Å². The molecule has 376 valence electrons. The number of pyridine rings is 1. The third kappa shape index (κ3) is 9.61. The van der Waals surface area contributed by atoms with E-state index in [1.165, 1.54) is 35.7 Å². The molecule has 10 rings (SSSR count). The van der Waals surface area contributed by atoms with Crippen LogP contribution < -0.4 is 24.4 Å². The predicted octanol–water partition coefficient (Wildman–Crippen LogP) is 7.48. The van der Waals surface area contributed by atoms with Crippen LogP contribution in [0.1, 0.15) is 99.7 Å². The molecule has 6 heterocycles. The third-order valence-corrected chi connectivity index (χ3v) is 16.8. The normalized spacial score (nSPS) is 23.7. The molecule has 71 heavy (non-hydrogen) atoms. The fourth-order valence-corrected chi connectivity index (χ4v) is 12.3. The minimum Gasteiger partial charge on any atom is -0.489 e. The van der Waals surface area contributed by atoms with E-state index in [0.29, 0.717) is 57.8 Å². The van der Waals surface area contributed by atoms with Crippen molar-refractivity contribution in [2.75, 3.05) is 62.6 Å². The van der Waals surface area contributed by atoms with Crippen molar-refractivity contribution in [3.63, 3.8) is 0 Å². The number of benzene rings is 3. The number of halogens is 1. The van der Waals surface area contributed by atoms with Gasteiger partial charge in [-0.15, -0.1) is 0 Å². The Bertz CT molecular complexity index is 2990. The second kappa shape index (κ2) is 18.7. The summed E-state index contributed by atoms with van der Waals surface area (Å²) in [6.07, 6.45) is 6.85. The number of piperazine rings is 1. The summed E-state index contributed by atoms with van der Waals surface area (Å²) in [6, 6.07) is 16.6. The lowest BCUT2D eigenvalue weighted by Gasteiger charge is -2.60. The van der Waals surface area contributed by atoms with Crippen LogP contribution in [0.15, 0.2) is 78.0 Å². The molecule has 0 radical (unpaired) electrons. The molecule has 2 aromatic heterocycles. The number of hydrogen-bond acceptors (Lipinski definition) is 14. The zero-order chi connectivity index (χ0) is 50.0. The second-order valence-electron chi connectivity index (χ2n) is 20.6. The van der Waals surface area contributed by atoms with E-state index in [1.54, 1.807) is 26.0 Å². The number of ether oxygens (including phenoxy) is 2. The van der Waals surface area contributed by atoms with Gasteiger partial charge in [0.1, 0.15) is 29.6 Å². The number of aromatic nitrogens is 2. The van der Waals surface area contributed by atoms with Gasteiger partial charge in [-0.25, -0.2) is 32.5 Å². The molecule has 2 atom stereocenters. The molecule has 3 aromatic carbocycles. The Morgan fingerprint density at radius 2 is 1.77 bits per heavy atom. The van der Waals surface area contributed by atoms with Crippen LogP contribution in [-0.2, 0) is 14.8 Å². The number of carbonyl (C=O) groups excluding carboxylic acids is 2. The summed E-state index contributed by atoms with van der Waals surface area (Å²) in [6.45, 7) is 13.2. The molecule has 5 aliphatic rings. The first-order valence-corrected chi connectivity index (χ1v) is 25.9. The first kappa shape index (κ1) is 48.3. The zero-order valence-corrected chi connectivity index (χ0v) is 41.1. The molecular weight excluding hydrogens is 934 g/mol. The van der Waals surface area contributed by atoms with E-state index in [-0.39, 0.29) is 75.5 Å². The largest absolute Gasteiger partial charge is 0.489 e. The molecule has 0 unspecified atom stereocenters. The number of aromatic amines is 1. The number of nitrogens with one attached hydrogen (secondary N) is 3. The molecule has 5 aromatic rings. The van der Waals surface area contributed by atoms with Gasteiger partial charge < -0.3 is 34.7 Å². The highest BCUT2D eigenvalue weighted by molar-refractivity contribution is 7.90. The first-order valence-electron chi connectivity index (χ1n) is 24.4. The fraction of sp³-hybridized carbons (Fsp3) is 0.471. The number of amides is 2. The molecule has 18 nitrogen and oxygen atoms in total. The zero-order valence-electron chi connectivity index (χ0n) is 40.3. The summed E-state index contributed by atoms with van der Waals surface area (Å²) in [7, 11) is -4.74. The van der Waals surface area contributed by atoms with Crippen molar-refractivity contribution >= 4 is 49.9 Å². The van der Waals surface area contributed by atoms with Crippen molar-refractivity contribution in [2.24, 2.45) is 11.3 Å². The lowest BCUT2D eigenvalue weighted by atomic mass is 9.72. The highest BCUT2D eigenvalue weighted by Gasteiger charge is 2.49. The lowest BCUT2D eigenvalue weighted by molar-refractivity contribution is -0.384. The lowest BCUT2D eigenvalue weighted by Crippen LogP contribution is -2.68. The van der Waals surface area contributed by atoms with Gasteiger partial charge in [0.05, 0.1) is 44.7 Å². The van der Waals surface area contributed by atoms with E-state index >= 15 is 0 Å². The SMILES string of the molecule is CC(=O)N1CCN(N2CC3(CCN(c4ccc(C(=O)NS(=O)(=O)c5cc6c(c([N+](=O)[O-])c5)N[C@@H]([C@H]5CC[C@](C)(O)CC5)CO6)c(Oc5cnc6[nH]cc(F)c6c5)c4)CC3)C2)[C@@H](c2ccccc2C(C)C)C1. The number of hydrogen-bond donors (Lipinski definition) is 4. The van der Waals surface area contributed by atoms with Gasteiger partial charge >= 0.3 is 0 Å². The van der Waals surface area contributed by atoms with E-state index < -0.39 is 42.9 Å². The molecule has 20 heteroatoms. The summed E-state index contributed by atoms with van der Waals surface area (Å²) in [5.74, 6) is -1.08. The van der Waals surface area contributed by atoms with Gasteiger partial charge in [-0.3, -0.25) is 19.7 Å². The van der Waals surface area contributed by atoms with Gasteiger partial charge in [0.2, 0.25) is 5.91 Å². The third-order valence-electron chi connectivity index (χ3n) is 15.5. The Labute approximate surface area is 411 Å². The molecule has 3 saturated heterocycles. The van der Waals surface area contributed by atoms with E-state index in [1.807, 2.05) is 4.90 Å². The summed E-state index contributed by atoms with van der Waals surface area (Å²) in [5.41, 5.74) is 2.22. The maximum atomic E-state index is 14.7. The van der Waals surface area contributed by atoms with Gasteiger partial charge in [-0.1, -0.05) is 38.1 Å². The van der Waals surface area contributed by atoms with Crippen molar-refractivity contribution in [1.29, 1.82) is 0 Å². The molecular formula is C51H60FN9O9S. The first-order chi connectivity index (χ1) is 33.9. The summed E-state index contributed by atoms with van der Waals surface area (Å²) >= 11 is 0. The Balaban J connectivity index is 0.865. The average Bonchev–Trinajstić information content (AvgIpc) is 3.71. The van der Waals surface area contributed by atoms with E-state index in [0.717, 1.165) is 50.3 Å². The number of anilines is 2. The van der Waals surface area contributed by atoms with Gasteiger partial charge in [0.25, 0.3) is 21.6 Å². The van der Waals surface area contributed by atoms with Crippen molar-refractivity contribution < 1.29 is 41.9 Å². The number of piperidine rings is 1. The number of hydrazine groups is 1.